The van der Waals surface area contributed by atoms with E-state index in [2.05, 4.69) is 11.9 Å². The van der Waals surface area contributed by atoms with Crippen LogP contribution >= 0.6 is 23.5 Å². The number of carbonyl (C=O) groups excluding carboxylic acids is 1. The van der Waals surface area contributed by atoms with Crippen molar-refractivity contribution in [2.75, 3.05) is 12.9 Å². The molecule has 0 radical (unpaired) electrons. The molecule has 0 fully saturated rings. The van der Waals surface area contributed by atoms with Crippen molar-refractivity contribution in [1.29, 1.82) is 0 Å². The molecule has 0 aromatic heterocycles. The number of carbonyl (C=O) groups is 1. The van der Waals surface area contributed by atoms with Gasteiger partial charge in [0.2, 0.25) is 5.12 Å². The van der Waals surface area contributed by atoms with Gasteiger partial charge in [-0.3, -0.25) is 4.79 Å². The summed E-state index contributed by atoms with van der Waals surface area (Å²) in [5.74, 6) is 1.77. The molecule has 0 amide bonds. The van der Waals surface area contributed by atoms with Crippen LogP contribution in [0.15, 0.2) is 35.0 Å². The fraction of sp³-hybridized carbons (Fsp3) is 0.286. The number of hydrogen-bond donors (Lipinski definition) is 0. The van der Waals surface area contributed by atoms with Gasteiger partial charge in [-0.25, -0.2) is 4.99 Å². The van der Waals surface area contributed by atoms with Crippen LogP contribution in [-0.4, -0.2) is 22.4 Å². The summed E-state index contributed by atoms with van der Waals surface area (Å²) in [6, 6.07) is 7.59. The molecule has 0 bridgehead atoms. The van der Waals surface area contributed by atoms with Crippen molar-refractivity contribution in [3.05, 3.63) is 35.5 Å². The second kappa shape index (κ2) is 6.82. The van der Waals surface area contributed by atoms with E-state index in [9.17, 15) is 4.79 Å². The summed E-state index contributed by atoms with van der Waals surface area (Å²) < 4.78 is 6.01. The minimum atomic E-state index is 0.0152. The van der Waals surface area contributed by atoms with Crippen molar-refractivity contribution >= 4 is 39.1 Å². The molecule has 1 aliphatic heterocycles. The fourth-order valence-electron chi connectivity index (χ4n) is 1.53. The molecular formula is C14H15NO2S2. The smallest absolute Gasteiger partial charge is 0.244 e. The number of hydrogen-bond acceptors (Lipinski definition) is 5. The van der Waals surface area contributed by atoms with Crippen LogP contribution in [0.5, 0.6) is 5.75 Å². The molecule has 0 unspecified atom stereocenters. The lowest BCUT2D eigenvalue weighted by Gasteiger charge is -2.00. The minimum absolute atomic E-state index is 0.0152. The molecule has 1 aliphatic rings. The maximum absolute atomic E-state index is 11.8. The number of benzene rings is 1. The largest absolute Gasteiger partial charge is 0.497 e. The van der Waals surface area contributed by atoms with Gasteiger partial charge in [0.05, 0.1) is 7.11 Å². The van der Waals surface area contributed by atoms with Gasteiger partial charge >= 0.3 is 0 Å². The van der Waals surface area contributed by atoms with Crippen molar-refractivity contribution in [1.82, 2.24) is 0 Å². The maximum Gasteiger partial charge on any atom is 0.244 e. The Morgan fingerprint density at radius 1 is 1.47 bits per heavy atom. The van der Waals surface area contributed by atoms with Crippen LogP contribution in [0.3, 0.4) is 0 Å². The van der Waals surface area contributed by atoms with Gasteiger partial charge in [0, 0.05) is 0 Å². The first-order valence-electron chi connectivity index (χ1n) is 6.02. The van der Waals surface area contributed by atoms with Gasteiger partial charge in [-0.15, -0.1) is 0 Å². The first-order valence-corrected chi connectivity index (χ1v) is 7.82. The summed E-state index contributed by atoms with van der Waals surface area (Å²) in [5, 5.41) is 0.0152. The average molecular weight is 293 g/mol. The second-order valence-electron chi connectivity index (χ2n) is 3.92. The third kappa shape index (κ3) is 3.88. The lowest BCUT2D eigenvalue weighted by Crippen LogP contribution is -1.89. The fourth-order valence-corrected chi connectivity index (χ4v) is 3.30. The van der Waals surface area contributed by atoms with E-state index in [0.717, 1.165) is 27.9 Å². The summed E-state index contributed by atoms with van der Waals surface area (Å²) in [5.41, 5.74) is 1.44. The SMILES string of the molecule is CCCSC1=N/C(=C/c2cccc(OC)c2)C(=O)S1. The monoisotopic (exact) mass is 293 g/mol. The zero-order valence-electron chi connectivity index (χ0n) is 10.9. The molecule has 3 nitrogen and oxygen atoms in total. The molecule has 0 saturated carbocycles. The van der Waals surface area contributed by atoms with Crippen LogP contribution in [0.4, 0.5) is 0 Å². The highest BCUT2D eigenvalue weighted by Gasteiger charge is 2.22. The third-order valence-corrected chi connectivity index (χ3v) is 4.64. The van der Waals surface area contributed by atoms with Crippen molar-refractivity contribution in [3.8, 4) is 5.75 Å². The Morgan fingerprint density at radius 3 is 3.05 bits per heavy atom. The molecule has 0 N–H and O–H groups in total. The molecule has 1 aromatic carbocycles. The summed E-state index contributed by atoms with van der Waals surface area (Å²) in [7, 11) is 1.63. The van der Waals surface area contributed by atoms with Crippen LogP contribution in [0.2, 0.25) is 0 Å². The Bertz CT molecular complexity index is 538. The summed E-state index contributed by atoms with van der Waals surface area (Å²) in [6.45, 7) is 2.11. The van der Waals surface area contributed by atoms with E-state index in [1.165, 1.54) is 11.8 Å². The number of methoxy groups -OCH3 is 1. The Balaban J connectivity index is 2.17. The van der Waals surface area contributed by atoms with Crippen LogP contribution in [-0.2, 0) is 4.79 Å². The maximum atomic E-state index is 11.8. The number of rotatable bonds is 4. The van der Waals surface area contributed by atoms with Crippen molar-refractivity contribution in [3.63, 3.8) is 0 Å². The molecule has 100 valence electrons. The van der Waals surface area contributed by atoms with Crippen molar-refractivity contribution < 1.29 is 9.53 Å². The molecule has 0 aliphatic carbocycles. The Kier molecular flexibility index (Phi) is 5.10. The molecule has 1 heterocycles. The van der Waals surface area contributed by atoms with Gasteiger partial charge in [0.25, 0.3) is 0 Å². The first kappa shape index (κ1) is 14.2. The van der Waals surface area contributed by atoms with E-state index < -0.39 is 0 Å². The average Bonchev–Trinajstić information content (AvgIpc) is 2.77. The molecule has 1 aromatic rings. The third-order valence-electron chi connectivity index (χ3n) is 2.43. The van der Waals surface area contributed by atoms with E-state index in [-0.39, 0.29) is 5.12 Å². The zero-order valence-corrected chi connectivity index (χ0v) is 12.5. The van der Waals surface area contributed by atoms with Gasteiger partial charge in [-0.2, -0.15) is 0 Å². The highest BCUT2D eigenvalue weighted by atomic mass is 32.2. The van der Waals surface area contributed by atoms with Gasteiger partial charge < -0.3 is 4.74 Å². The van der Waals surface area contributed by atoms with Gasteiger partial charge in [0.1, 0.15) is 15.8 Å². The molecule has 0 spiro atoms. The van der Waals surface area contributed by atoms with E-state index in [0.29, 0.717) is 5.70 Å². The van der Waals surface area contributed by atoms with E-state index in [1.807, 2.05) is 24.3 Å². The van der Waals surface area contributed by atoms with E-state index in [1.54, 1.807) is 24.9 Å². The highest BCUT2D eigenvalue weighted by Crippen LogP contribution is 2.31. The summed E-state index contributed by atoms with van der Waals surface area (Å²) in [6.07, 6.45) is 2.88. The van der Waals surface area contributed by atoms with Crippen LogP contribution in [0.25, 0.3) is 6.08 Å². The lowest BCUT2D eigenvalue weighted by atomic mass is 10.2. The summed E-state index contributed by atoms with van der Waals surface area (Å²) in [4.78, 5) is 16.2. The van der Waals surface area contributed by atoms with Crippen LogP contribution in [0, 0.1) is 0 Å². The summed E-state index contributed by atoms with van der Waals surface area (Å²) >= 11 is 2.85. The minimum Gasteiger partial charge on any atom is -0.497 e. The van der Waals surface area contributed by atoms with Crippen molar-refractivity contribution in [2.45, 2.75) is 13.3 Å². The molecule has 19 heavy (non-hydrogen) atoms. The number of ether oxygens (including phenoxy) is 1. The van der Waals surface area contributed by atoms with Crippen LogP contribution in [0.1, 0.15) is 18.9 Å². The number of nitrogens with zero attached hydrogens (tertiary/aromatic N) is 1. The molecule has 2 rings (SSSR count). The van der Waals surface area contributed by atoms with Gasteiger partial charge in [-0.05, 0) is 47.7 Å². The number of thioether (sulfide) groups is 2. The Hall–Kier alpha value is -1.20. The standard InChI is InChI=1S/C14H15NO2S2/c1-3-7-18-14-15-12(13(16)19-14)9-10-5-4-6-11(8-10)17-2/h4-6,8-9H,3,7H2,1-2H3/b12-9+. The van der Waals surface area contributed by atoms with E-state index in [4.69, 9.17) is 4.74 Å². The molecule has 0 saturated heterocycles. The predicted molar refractivity (Wildman–Crippen MR) is 83.8 cm³/mol. The van der Waals surface area contributed by atoms with Gasteiger partial charge in [-0.1, -0.05) is 30.8 Å². The topological polar surface area (TPSA) is 38.7 Å². The van der Waals surface area contributed by atoms with Crippen LogP contribution < -0.4 is 4.74 Å². The van der Waals surface area contributed by atoms with Crippen molar-refractivity contribution in [2.24, 2.45) is 4.99 Å². The second-order valence-corrected chi connectivity index (χ2v) is 6.23. The van der Waals surface area contributed by atoms with E-state index >= 15 is 0 Å². The predicted octanol–water partition coefficient (Wildman–Crippen LogP) is 3.81. The Morgan fingerprint density at radius 2 is 2.32 bits per heavy atom. The normalized spacial score (nSPS) is 16.8. The zero-order chi connectivity index (χ0) is 13.7. The number of aliphatic imine (C=N–C) groups is 1. The first-order chi connectivity index (χ1) is 9.22. The molecule has 0 atom stereocenters. The molecule has 5 heteroatoms. The highest BCUT2D eigenvalue weighted by molar-refractivity contribution is 8.45. The quantitative estimate of drug-likeness (QED) is 0.791. The Labute approximate surface area is 121 Å². The molecular weight excluding hydrogens is 278 g/mol. The lowest BCUT2D eigenvalue weighted by molar-refractivity contribution is -0.107. The van der Waals surface area contributed by atoms with Gasteiger partial charge in [0.15, 0.2) is 0 Å².